The number of imidazole rings is 1. The van der Waals surface area contributed by atoms with Crippen LogP contribution in [0.15, 0.2) is 24.3 Å². The first-order chi connectivity index (χ1) is 11.7. The lowest BCUT2D eigenvalue weighted by Crippen LogP contribution is -2.12. The summed E-state index contributed by atoms with van der Waals surface area (Å²) in [6, 6.07) is 0. The van der Waals surface area contributed by atoms with E-state index in [-0.39, 0.29) is 24.9 Å². The Morgan fingerprint density at radius 3 is 3.08 bits per heavy atom. The summed E-state index contributed by atoms with van der Waals surface area (Å²) in [5.41, 5.74) is 10.4. The lowest BCUT2D eigenvalue weighted by molar-refractivity contribution is -0.00304. The Kier molecular flexibility index (Phi) is 4.64. The van der Waals surface area contributed by atoms with Gasteiger partial charge in [0.25, 0.3) is 0 Å². The van der Waals surface area contributed by atoms with E-state index in [0.29, 0.717) is 22.8 Å². The van der Waals surface area contributed by atoms with Crippen molar-refractivity contribution in [3.05, 3.63) is 35.3 Å². The molecule has 24 heavy (non-hydrogen) atoms. The zero-order valence-electron chi connectivity index (χ0n) is 13.7. The van der Waals surface area contributed by atoms with Gasteiger partial charge in [0.1, 0.15) is 24.0 Å². The van der Waals surface area contributed by atoms with E-state index in [1.165, 1.54) is 6.26 Å². The molecule has 0 N–H and O–H groups in total. The molecule has 3 heterocycles. The summed E-state index contributed by atoms with van der Waals surface area (Å²) in [4.78, 5) is 15.7. The maximum Gasteiger partial charge on any atom is 0.218 e. The lowest BCUT2D eigenvalue weighted by atomic mass is 10.0. The number of hydrogen-bond donors (Lipinski definition) is 0. The largest absolute Gasteiger partial charge is 0.495 e. The van der Waals surface area contributed by atoms with Crippen molar-refractivity contribution in [2.75, 3.05) is 0 Å². The van der Waals surface area contributed by atoms with Crippen LogP contribution in [0.25, 0.3) is 21.6 Å². The van der Waals surface area contributed by atoms with E-state index in [9.17, 15) is 0 Å². The molecule has 9 nitrogen and oxygen atoms in total. The third kappa shape index (κ3) is 2.91. The van der Waals surface area contributed by atoms with E-state index in [4.69, 9.17) is 15.0 Å². The number of azide groups is 1. The molecule has 1 saturated heterocycles. The van der Waals surface area contributed by atoms with Gasteiger partial charge in [0.15, 0.2) is 5.65 Å². The highest BCUT2D eigenvalue weighted by atomic mass is 16.5. The molecule has 3 rings (SSSR count). The zero-order chi connectivity index (χ0) is 17.1. The first-order valence-corrected chi connectivity index (χ1v) is 7.84. The van der Waals surface area contributed by atoms with Gasteiger partial charge in [-0.15, -0.1) is 0 Å². The Morgan fingerprint density at radius 1 is 1.58 bits per heavy atom. The van der Waals surface area contributed by atoms with Crippen LogP contribution >= 0.6 is 0 Å². The predicted molar refractivity (Wildman–Crippen MR) is 87.1 cm³/mol. The Bertz CT molecular complexity index is 796. The first kappa shape index (κ1) is 16.2. The van der Waals surface area contributed by atoms with Crippen LogP contribution in [-0.2, 0) is 16.1 Å². The fourth-order valence-corrected chi connectivity index (χ4v) is 3.04. The van der Waals surface area contributed by atoms with E-state index in [1.807, 2.05) is 4.57 Å². The normalized spacial score (nSPS) is 23.2. The molecule has 1 aliphatic rings. The minimum Gasteiger partial charge on any atom is -0.495 e. The van der Waals surface area contributed by atoms with Crippen molar-refractivity contribution in [1.29, 1.82) is 0 Å². The highest BCUT2D eigenvalue weighted by Gasteiger charge is 2.33. The molecule has 2 aromatic rings. The van der Waals surface area contributed by atoms with Gasteiger partial charge in [0, 0.05) is 4.91 Å². The van der Waals surface area contributed by atoms with Gasteiger partial charge < -0.3 is 9.47 Å². The minimum absolute atomic E-state index is 0.0347. The van der Waals surface area contributed by atoms with Gasteiger partial charge in [-0.3, -0.25) is 4.57 Å². The molecule has 0 radical (unpaired) electrons. The molecule has 2 aromatic heterocycles. The van der Waals surface area contributed by atoms with E-state index in [1.54, 1.807) is 6.33 Å². The number of fused-ring (bicyclic) bond motifs is 1. The third-order valence-electron chi connectivity index (χ3n) is 4.21. The maximum absolute atomic E-state index is 8.68. The smallest absolute Gasteiger partial charge is 0.218 e. The molecule has 1 aliphatic heterocycles. The van der Waals surface area contributed by atoms with Gasteiger partial charge in [0.2, 0.25) is 5.95 Å². The SMILES string of the molecule is C=COCc1nc(N=[N+]=[N-])nc2c1ncn2[C@H]1C[C@@H](C)[C@@H](CC)O1. The van der Waals surface area contributed by atoms with Gasteiger partial charge in [-0.1, -0.05) is 20.4 Å². The first-order valence-electron chi connectivity index (χ1n) is 7.84. The van der Waals surface area contributed by atoms with Crippen LogP contribution in [0.2, 0.25) is 0 Å². The van der Waals surface area contributed by atoms with Crippen LogP contribution < -0.4 is 0 Å². The molecule has 0 saturated carbocycles. The number of rotatable bonds is 6. The molecular formula is C15H19N7O2. The summed E-state index contributed by atoms with van der Waals surface area (Å²) in [7, 11) is 0. The molecule has 0 amide bonds. The van der Waals surface area contributed by atoms with E-state index in [2.05, 4.69) is 45.4 Å². The predicted octanol–water partition coefficient (Wildman–Crippen LogP) is 3.76. The lowest BCUT2D eigenvalue weighted by Gasteiger charge is -2.14. The molecule has 126 valence electrons. The number of hydrogen-bond acceptors (Lipinski definition) is 6. The summed E-state index contributed by atoms with van der Waals surface area (Å²) in [5.74, 6) is 0.493. The van der Waals surface area contributed by atoms with Crippen LogP contribution in [0.3, 0.4) is 0 Å². The van der Waals surface area contributed by atoms with Crippen molar-refractivity contribution in [3.8, 4) is 0 Å². The van der Waals surface area contributed by atoms with Gasteiger partial charge in [-0.25, -0.2) is 15.0 Å². The molecule has 3 atom stereocenters. The second-order valence-corrected chi connectivity index (χ2v) is 5.71. The van der Waals surface area contributed by atoms with Crippen LogP contribution in [-0.4, -0.2) is 25.6 Å². The van der Waals surface area contributed by atoms with Gasteiger partial charge >= 0.3 is 0 Å². The molecule has 0 unspecified atom stereocenters. The van der Waals surface area contributed by atoms with Crippen LogP contribution in [0.4, 0.5) is 5.95 Å². The average Bonchev–Trinajstić information content (AvgIpc) is 3.16. The average molecular weight is 329 g/mol. The Morgan fingerprint density at radius 2 is 2.42 bits per heavy atom. The van der Waals surface area contributed by atoms with Crippen molar-refractivity contribution in [3.63, 3.8) is 0 Å². The number of aromatic nitrogens is 4. The summed E-state index contributed by atoms with van der Waals surface area (Å²) in [6.45, 7) is 7.98. The number of nitrogens with zero attached hydrogens (tertiary/aromatic N) is 7. The quantitative estimate of drug-likeness (QED) is 0.347. The van der Waals surface area contributed by atoms with Crippen molar-refractivity contribution in [1.82, 2.24) is 19.5 Å². The molecule has 0 spiro atoms. The molecule has 0 aliphatic carbocycles. The molecule has 0 bridgehead atoms. The van der Waals surface area contributed by atoms with Gasteiger partial charge in [0.05, 0.1) is 18.7 Å². The Balaban J connectivity index is 2.05. The van der Waals surface area contributed by atoms with Gasteiger partial charge in [-0.05, 0) is 29.4 Å². The number of ether oxygens (including phenoxy) is 2. The second kappa shape index (κ2) is 6.86. The highest BCUT2D eigenvalue weighted by molar-refractivity contribution is 5.74. The monoisotopic (exact) mass is 329 g/mol. The van der Waals surface area contributed by atoms with Crippen LogP contribution in [0, 0.1) is 5.92 Å². The summed E-state index contributed by atoms with van der Waals surface area (Å²) < 4.78 is 13.2. The standard InChI is InChI=1S/C15H19N7O2/c1-4-11-9(3)6-12(24-11)22-8-17-13-10(7-23-5-2)18-15(20-21-16)19-14(13)22/h5,8-9,11-12H,2,4,6-7H2,1,3H3/t9-,11-,12-/m1/s1. The topological polar surface area (TPSA) is 111 Å². The Hall–Kier alpha value is -2.64. The second-order valence-electron chi connectivity index (χ2n) is 5.71. The van der Waals surface area contributed by atoms with Crippen molar-refractivity contribution in [2.45, 2.75) is 45.6 Å². The van der Waals surface area contributed by atoms with E-state index < -0.39 is 0 Å². The van der Waals surface area contributed by atoms with Gasteiger partial charge in [-0.2, -0.15) is 0 Å². The van der Waals surface area contributed by atoms with Crippen LogP contribution in [0.1, 0.15) is 38.6 Å². The maximum atomic E-state index is 8.68. The zero-order valence-corrected chi connectivity index (χ0v) is 13.7. The van der Waals surface area contributed by atoms with E-state index >= 15 is 0 Å². The molecule has 0 aromatic carbocycles. The highest BCUT2D eigenvalue weighted by Crippen LogP contribution is 2.36. The van der Waals surface area contributed by atoms with Crippen LogP contribution in [0.5, 0.6) is 0 Å². The summed E-state index contributed by atoms with van der Waals surface area (Å²) in [6.07, 6.45) is 4.93. The third-order valence-corrected chi connectivity index (χ3v) is 4.21. The molecule has 1 fully saturated rings. The van der Waals surface area contributed by atoms with Crippen molar-refractivity contribution in [2.24, 2.45) is 11.0 Å². The fourth-order valence-electron chi connectivity index (χ4n) is 3.04. The minimum atomic E-state index is -0.142. The summed E-state index contributed by atoms with van der Waals surface area (Å²) >= 11 is 0. The van der Waals surface area contributed by atoms with Crippen molar-refractivity contribution < 1.29 is 9.47 Å². The summed E-state index contributed by atoms with van der Waals surface area (Å²) in [5, 5.41) is 3.51. The molecular weight excluding hydrogens is 310 g/mol. The fraction of sp³-hybridized carbons (Fsp3) is 0.533. The van der Waals surface area contributed by atoms with Crippen molar-refractivity contribution >= 4 is 17.1 Å². The van der Waals surface area contributed by atoms with E-state index in [0.717, 1.165) is 12.8 Å². The molecule has 9 heteroatoms. The Labute approximate surface area is 139 Å².